The van der Waals surface area contributed by atoms with Crippen LogP contribution in [0.25, 0.3) is 0 Å². The van der Waals surface area contributed by atoms with E-state index in [9.17, 15) is 4.79 Å². The highest BCUT2D eigenvalue weighted by Gasteiger charge is 2.40. The minimum Gasteiger partial charge on any atom is -0.339 e. The van der Waals surface area contributed by atoms with E-state index in [1.165, 1.54) is 11.1 Å². The third-order valence-corrected chi connectivity index (χ3v) is 5.66. The molecule has 2 saturated heterocycles. The number of likely N-dealkylation sites (tertiary alicyclic amines) is 1. The third kappa shape index (κ3) is 3.79. The molecule has 4 rings (SSSR count). The SMILES string of the molecule is Cl.Cn1cc([C@H]2CNC[C@@H]2C(=O)N2CCCC2Cc2ccccc2)cn1. The standard InChI is InChI=1S/C20H26N4O.ClH/c1-23-14-16(11-22-23)18-12-21-13-19(18)20(25)24-9-5-8-17(24)10-15-6-3-2-4-7-15;/h2-4,6-7,11,14,17-19,21H,5,8-10,12-13H2,1H3;1H/t17?,18-,19+;/m1./s1. The summed E-state index contributed by atoms with van der Waals surface area (Å²) in [5, 5.41) is 7.70. The zero-order valence-corrected chi connectivity index (χ0v) is 16.0. The van der Waals surface area contributed by atoms with Crippen LogP contribution in [0.4, 0.5) is 0 Å². The number of nitrogens with zero attached hydrogens (tertiary/aromatic N) is 3. The molecule has 0 saturated carbocycles. The van der Waals surface area contributed by atoms with Crippen molar-refractivity contribution in [2.45, 2.75) is 31.2 Å². The van der Waals surface area contributed by atoms with Gasteiger partial charge in [-0.1, -0.05) is 30.3 Å². The Morgan fingerprint density at radius 2 is 2.08 bits per heavy atom. The molecule has 1 amide bonds. The van der Waals surface area contributed by atoms with E-state index in [1.807, 2.05) is 30.2 Å². The number of amides is 1. The predicted molar refractivity (Wildman–Crippen MR) is 104 cm³/mol. The molecule has 1 aromatic carbocycles. The van der Waals surface area contributed by atoms with E-state index in [-0.39, 0.29) is 24.2 Å². The molecule has 1 unspecified atom stereocenters. The summed E-state index contributed by atoms with van der Waals surface area (Å²) in [5.74, 6) is 0.581. The average Bonchev–Trinajstić information content (AvgIpc) is 3.35. The number of hydrogen-bond donors (Lipinski definition) is 1. The molecule has 140 valence electrons. The molecule has 3 heterocycles. The molecule has 0 spiro atoms. The van der Waals surface area contributed by atoms with Gasteiger partial charge in [0.15, 0.2) is 0 Å². The van der Waals surface area contributed by atoms with Gasteiger partial charge in [0.2, 0.25) is 5.91 Å². The zero-order valence-electron chi connectivity index (χ0n) is 15.2. The zero-order chi connectivity index (χ0) is 17.2. The number of hydrogen-bond acceptors (Lipinski definition) is 3. The van der Waals surface area contributed by atoms with Gasteiger partial charge in [-0.15, -0.1) is 12.4 Å². The molecule has 2 aliphatic heterocycles. The van der Waals surface area contributed by atoms with E-state index in [0.29, 0.717) is 11.9 Å². The second kappa shape index (κ2) is 8.23. The van der Waals surface area contributed by atoms with E-state index in [2.05, 4.69) is 39.6 Å². The van der Waals surface area contributed by atoms with Crippen LogP contribution < -0.4 is 5.32 Å². The number of aromatic nitrogens is 2. The number of carbonyl (C=O) groups is 1. The minimum atomic E-state index is 0. The van der Waals surface area contributed by atoms with Gasteiger partial charge in [-0.05, 0) is 30.4 Å². The highest BCUT2D eigenvalue weighted by molar-refractivity contribution is 5.85. The van der Waals surface area contributed by atoms with Crippen molar-refractivity contribution in [3.63, 3.8) is 0 Å². The molecule has 2 aliphatic rings. The van der Waals surface area contributed by atoms with Crippen LogP contribution in [0.2, 0.25) is 0 Å². The van der Waals surface area contributed by atoms with Crippen molar-refractivity contribution < 1.29 is 4.79 Å². The number of benzene rings is 1. The Hall–Kier alpha value is -1.85. The van der Waals surface area contributed by atoms with Crippen molar-refractivity contribution >= 4 is 18.3 Å². The number of aryl methyl sites for hydroxylation is 1. The second-order valence-corrected chi connectivity index (χ2v) is 7.34. The number of carbonyl (C=O) groups excluding carboxylic acids is 1. The molecule has 0 radical (unpaired) electrons. The molecule has 0 bridgehead atoms. The van der Waals surface area contributed by atoms with Crippen molar-refractivity contribution in [3.05, 3.63) is 53.9 Å². The summed E-state index contributed by atoms with van der Waals surface area (Å²) in [6.45, 7) is 2.53. The molecular formula is C20H27ClN4O. The Bertz CT molecular complexity index is 732. The number of nitrogens with one attached hydrogen (secondary N) is 1. The lowest BCUT2D eigenvalue weighted by Gasteiger charge is -2.29. The quantitative estimate of drug-likeness (QED) is 0.893. The molecule has 2 fully saturated rings. The summed E-state index contributed by atoms with van der Waals surface area (Å²) in [6.07, 6.45) is 7.14. The van der Waals surface area contributed by atoms with E-state index in [4.69, 9.17) is 0 Å². The van der Waals surface area contributed by atoms with E-state index in [0.717, 1.165) is 38.9 Å². The summed E-state index contributed by atoms with van der Waals surface area (Å²) >= 11 is 0. The largest absolute Gasteiger partial charge is 0.339 e. The van der Waals surface area contributed by atoms with Crippen molar-refractivity contribution in [2.24, 2.45) is 13.0 Å². The topological polar surface area (TPSA) is 50.2 Å². The van der Waals surface area contributed by atoms with Gasteiger partial charge in [0.25, 0.3) is 0 Å². The van der Waals surface area contributed by atoms with Crippen molar-refractivity contribution in [2.75, 3.05) is 19.6 Å². The lowest BCUT2D eigenvalue weighted by Crippen LogP contribution is -2.42. The molecule has 26 heavy (non-hydrogen) atoms. The molecule has 3 atom stereocenters. The Labute approximate surface area is 161 Å². The van der Waals surface area contributed by atoms with Crippen LogP contribution >= 0.6 is 12.4 Å². The van der Waals surface area contributed by atoms with Gasteiger partial charge >= 0.3 is 0 Å². The highest BCUT2D eigenvalue weighted by Crippen LogP contribution is 2.32. The first-order chi connectivity index (χ1) is 12.2. The smallest absolute Gasteiger partial charge is 0.227 e. The molecule has 2 aromatic rings. The Kier molecular flexibility index (Phi) is 5.99. The molecule has 1 aromatic heterocycles. The van der Waals surface area contributed by atoms with Crippen molar-refractivity contribution in [1.29, 1.82) is 0 Å². The van der Waals surface area contributed by atoms with Crippen LogP contribution in [0, 0.1) is 5.92 Å². The van der Waals surface area contributed by atoms with Gasteiger partial charge in [0, 0.05) is 44.8 Å². The van der Waals surface area contributed by atoms with Crippen LogP contribution in [-0.2, 0) is 18.3 Å². The summed E-state index contributed by atoms with van der Waals surface area (Å²) in [4.78, 5) is 15.4. The van der Waals surface area contributed by atoms with Gasteiger partial charge in [-0.3, -0.25) is 9.48 Å². The minimum absolute atomic E-state index is 0. The van der Waals surface area contributed by atoms with Crippen LogP contribution in [0.1, 0.15) is 29.9 Å². The monoisotopic (exact) mass is 374 g/mol. The normalized spacial score (nSPS) is 25.3. The predicted octanol–water partition coefficient (Wildman–Crippen LogP) is 2.38. The highest BCUT2D eigenvalue weighted by atomic mass is 35.5. The van der Waals surface area contributed by atoms with Crippen LogP contribution in [-0.4, -0.2) is 46.3 Å². The first-order valence-electron chi connectivity index (χ1n) is 9.26. The Morgan fingerprint density at radius 1 is 1.27 bits per heavy atom. The summed E-state index contributed by atoms with van der Waals surface area (Å²) in [7, 11) is 1.93. The van der Waals surface area contributed by atoms with Crippen molar-refractivity contribution in [3.8, 4) is 0 Å². The Morgan fingerprint density at radius 3 is 2.81 bits per heavy atom. The van der Waals surface area contributed by atoms with Gasteiger partial charge in [0.1, 0.15) is 0 Å². The van der Waals surface area contributed by atoms with Gasteiger partial charge in [0.05, 0.1) is 12.1 Å². The van der Waals surface area contributed by atoms with Crippen LogP contribution in [0.15, 0.2) is 42.7 Å². The summed E-state index contributed by atoms with van der Waals surface area (Å²) in [6, 6.07) is 10.9. The van der Waals surface area contributed by atoms with Gasteiger partial charge < -0.3 is 10.2 Å². The first-order valence-corrected chi connectivity index (χ1v) is 9.26. The van der Waals surface area contributed by atoms with Crippen molar-refractivity contribution in [1.82, 2.24) is 20.0 Å². The van der Waals surface area contributed by atoms with E-state index >= 15 is 0 Å². The third-order valence-electron chi connectivity index (χ3n) is 5.66. The van der Waals surface area contributed by atoms with E-state index < -0.39 is 0 Å². The fourth-order valence-corrected chi connectivity index (χ4v) is 4.36. The molecule has 0 aliphatic carbocycles. The van der Waals surface area contributed by atoms with Crippen LogP contribution in [0.5, 0.6) is 0 Å². The average molecular weight is 375 g/mol. The maximum Gasteiger partial charge on any atom is 0.227 e. The number of halogens is 1. The molecule has 1 N–H and O–H groups in total. The summed E-state index contributed by atoms with van der Waals surface area (Å²) < 4.78 is 1.82. The van der Waals surface area contributed by atoms with Crippen LogP contribution in [0.3, 0.4) is 0 Å². The van der Waals surface area contributed by atoms with Gasteiger partial charge in [-0.25, -0.2) is 0 Å². The number of rotatable bonds is 4. The maximum absolute atomic E-state index is 13.3. The lowest BCUT2D eigenvalue weighted by atomic mass is 9.89. The second-order valence-electron chi connectivity index (χ2n) is 7.34. The lowest BCUT2D eigenvalue weighted by molar-refractivity contribution is -0.136. The van der Waals surface area contributed by atoms with Gasteiger partial charge in [-0.2, -0.15) is 5.10 Å². The fraction of sp³-hybridized carbons (Fsp3) is 0.500. The maximum atomic E-state index is 13.3. The molecule has 5 nitrogen and oxygen atoms in total. The fourth-order valence-electron chi connectivity index (χ4n) is 4.36. The molecular weight excluding hydrogens is 348 g/mol. The molecule has 6 heteroatoms. The van der Waals surface area contributed by atoms with E-state index in [1.54, 1.807) is 0 Å². The summed E-state index contributed by atoms with van der Waals surface area (Å²) in [5.41, 5.74) is 2.49. The Balaban J connectivity index is 0.00000196. The first kappa shape index (κ1) is 18.9.